The van der Waals surface area contributed by atoms with Crippen LogP contribution in [-0.4, -0.2) is 32.1 Å². The molecule has 1 fully saturated rings. The van der Waals surface area contributed by atoms with Gasteiger partial charge in [-0.15, -0.1) is 0 Å². The molecule has 1 atom stereocenters. The fourth-order valence-electron chi connectivity index (χ4n) is 1.98. The van der Waals surface area contributed by atoms with E-state index >= 15 is 0 Å². The van der Waals surface area contributed by atoms with Gasteiger partial charge in [0.25, 0.3) is 0 Å². The summed E-state index contributed by atoms with van der Waals surface area (Å²) in [7, 11) is 1.57. The van der Waals surface area contributed by atoms with Gasteiger partial charge in [0.2, 0.25) is 5.91 Å². The van der Waals surface area contributed by atoms with Crippen LogP contribution in [0.15, 0.2) is 18.2 Å². The van der Waals surface area contributed by atoms with Crippen LogP contribution in [0.25, 0.3) is 0 Å². The molecule has 1 saturated carbocycles. The summed E-state index contributed by atoms with van der Waals surface area (Å²) in [5.41, 5.74) is 6.62. The average molecular weight is 298 g/mol. The van der Waals surface area contributed by atoms with Crippen molar-refractivity contribution in [2.24, 2.45) is 11.7 Å². The molecule has 0 spiro atoms. The molecule has 1 amide bonds. The number of methoxy groups -OCH3 is 1. The van der Waals surface area contributed by atoms with E-state index in [4.69, 9.17) is 22.1 Å². The maximum atomic E-state index is 11.7. The summed E-state index contributed by atoms with van der Waals surface area (Å²) in [6, 6.07) is 5.29. The van der Waals surface area contributed by atoms with Crippen molar-refractivity contribution in [2.75, 3.05) is 25.5 Å². The third-order valence-electron chi connectivity index (χ3n) is 3.36. The first-order valence-electron chi connectivity index (χ1n) is 6.70. The number of carbonyl (C=O) groups excluding carboxylic acids is 1. The number of halogens is 1. The standard InChI is InChI=1S/C14H20ClN3O2/c1-20-13-5-4-10(15)6-12(13)17-8-14(19)18-7-11(16)9-2-3-9/h4-6,9,11,17H,2-3,7-8,16H2,1H3,(H,18,19). The number of nitrogens with two attached hydrogens (primary N) is 1. The average Bonchev–Trinajstić information content (AvgIpc) is 3.27. The van der Waals surface area contributed by atoms with Crippen LogP contribution in [-0.2, 0) is 4.79 Å². The topological polar surface area (TPSA) is 76.4 Å². The molecule has 1 aromatic carbocycles. The lowest BCUT2D eigenvalue weighted by Gasteiger charge is -2.14. The summed E-state index contributed by atoms with van der Waals surface area (Å²) in [5, 5.41) is 6.42. The van der Waals surface area contributed by atoms with Crippen LogP contribution in [0.2, 0.25) is 5.02 Å². The van der Waals surface area contributed by atoms with Gasteiger partial charge in [0.05, 0.1) is 19.3 Å². The number of hydrogen-bond acceptors (Lipinski definition) is 4. The van der Waals surface area contributed by atoms with Crippen LogP contribution >= 0.6 is 11.6 Å². The molecule has 0 radical (unpaired) electrons. The van der Waals surface area contributed by atoms with Crippen molar-refractivity contribution < 1.29 is 9.53 Å². The summed E-state index contributed by atoms with van der Waals surface area (Å²) in [4.78, 5) is 11.7. The third kappa shape index (κ3) is 4.28. The Balaban J connectivity index is 1.78. The number of benzene rings is 1. The molecule has 20 heavy (non-hydrogen) atoms. The highest BCUT2D eigenvalue weighted by Gasteiger charge is 2.28. The van der Waals surface area contributed by atoms with E-state index in [2.05, 4.69) is 10.6 Å². The molecule has 0 bridgehead atoms. The molecule has 4 N–H and O–H groups in total. The molecule has 110 valence electrons. The number of hydrogen-bond donors (Lipinski definition) is 3. The van der Waals surface area contributed by atoms with E-state index in [0.29, 0.717) is 28.9 Å². The van der Waals surface area contributed by atoms with Crippen LogP contribution in [0, 0.1) is 5.92 Å². The number of anilines is 1. The number of carbonyl (C=O) groups is 1. The molecular weight excluding hydrogens is 278 g/mol. The minimum Gasteiger partial charge on any atom is -0.495 e. The van der Waals surface area contributed by atoms with Crippen LogP contribution in [0.4, 0.5) is 5.69 Å². The zero-order chi connectivity index (χ0) is 14.5. The first kappa shape index (κ1) is 14.9. The van der Waals surface area contributed by atoms with E-state index in [1.54, 1.807) is 25.3 Å². The predicted molar refractivity (Wildman–Crippen MR) is 80.2 cm³/mol. The first-order chi connectivity index (χ1) is 9.60. The summed E-state index contributed by atoms with van der Waals surface area (Å²) in [6.07, 6.45) is 2.35. The Morgan fingerprint density at radius 3 is 2.95 bits per heavy atom. The largest absolute Gasteiger partial charge is 0.495 e. The molecule has 1 aliphatic carbocycles. The molecule has 0 aromatic heterocycles. The van der Waals surface area contributed by atoms with Crippen molar-refractivity contribution in [3.63, 3.8) is 0 Å². The SMILES string of the molecule is COc1ccc(Cl)cc1NCC(=O)NCC(N)C1CC1. The van der Waals surface area contributed by atoms with E-state index in [-0.39, 0.29) is 18.5 Å². The van der Waals surface area contributed by atoms with Crippen molar-refractivity contribution in [3.8, 4) is 5.75 Å². The van der Waals surface area contributed by atoms with Gasteiger partial charge in [-0.1, -0.05) is 11.6 Å². The molecule has 1 aliphatic rings. The quantitative estimate of drug-likeness (QED) is 0.715. The Kier molecular flexibility index (Phi) is 5.09. The van der Waals surface area contributed by atoms with E-state index in [0.717, 1.165) is 0 Å². The fourth-order valence-corrected chi connectivity index (χ4v) is 2.15. The number of rotatable bonds is 7. The minimum atomic E-state index is -0.0943. The highest BCUT2D eigenvalue weighted by molar-refractivity contribution is 6.30. The van der Waals surface area contributed by atoms with Crippen LogP contribution in [0.5, 0.6) is 5.75 Å². The summed E-state index contributed by atoms with van der Waals surface area (Å²) in [5.74, 6) is 1.14. The summed E-state index contributed by atoms with van der Waals surface area (Å²) < 4.78 is 5.20. The van der Waals surface area contributed by atoms with Crippen LogP contribution in [0.1, 0.15) is 12.8 Å². The molecule has 0 aliphatic heterocycles. The van der Waals surface area contributed by atoms with Crippen molar-refractivity contribution in [3.05, 3.63) is 23.2 Å². The van der Waals surface area contributed by atoms with Gasteiger partial charge in [-0.2, -0.15) is 0 Å². The van der Waals surface area contributed by atoms with Crippen molar-refractivity contribution in [1.82, 2.24) is 5.32 Å². The molecular formula is C14H20ClN3O2. The Morgan fingerprint density at radius 2 is 2.30 bits per heavy atom. The van der Waals surface area contributed by atoms with Gasteiger partial charge >= 0.3 is 0 Å². The zero-order valence-electron chi connectivity index (χ0n) is 11.5. The first-order valence-corrected chi connectivity index (χ1v) is 7.07. The number of nitrogens with one attached hydrogen (secondary N) is 2. The summed E-state index contributed by atoms with van der Waals surface area (Å²) >= 11 is 5.92. The normalized spacial score (nSPS) is 15.6. The monoisotopic (exact) mass is 297 g/mol. The summed E-state index contributed by atoms with van der Waals surface area (Å²) in [6.45, 7) is 0.686. The van der Waals surface area contributed by atoms with Crippen molar-refractivity contribution in [1.29, 1.82) is 0 Å². The molecule has 0 heterocycles. The maximum Gasteiger partial charge on any atom is 0.239 e. The van der Waals surface area contributed by atoms with Gasteiger partial charge in [-0.05, 0) is 37.0 Å². The molecule has 5 nitrogen and oxygen atoms in total. The lowest BCUT2D eigenvalue weighted by molar-refractivity contribution is -0.119. The zero-order valence-corrected chi connectivity index (χ0v) is 12.2. The molecule has 1 aromatic rings. The van der Waals surface area contributed by atoms with E-state index in [1.165, 1.54) is 12.8 Å². The predicted octanol–water partition coefficient (Wildman–Crippen LogP) is 1.61. The van der Waals surface area contributed by atoms with E-state index < -0.39 is 0 Å². The van der Waals surface area contributed by atoms with Crippen molar-refractivity contribution >= 4 is 23.2 Å². The van der Waals surface area contributed by atoms with Crippen molar-refractivity contribution in [2.45, 2.75) is 18.9 Å². The molecule has 6 heteroatoms. The fraction of sp³-hybridized carbons (Fsp3) is 0.500. The highest BCUT2D eigenvalue weighted by Crippen LogP contribution is 2.31. The van der Waals surface area contributed by atoms with Gasteiger partial charge in [-0.3, -0.25) is 4.79 Å². The molecule has 0 saturated heterocycles. The van der Waals surface area contributed by atoms with Crippen LogP contribution < -0.4 is 21.1 Å². The maximum absolute atomic E-state index is 11.7. The van der Waals surface area contributed by atoms with E-state index in [1.807, 2.05) is 0 Å². The Morgan fingerprint density at radius 1 is 1.55 bits per heavy atom. The van der Waals surface area contributed by atoms with Gasteiger partial charge < -0.3 is 21.1 Å². The lowest BCUT2D eigenvalue weighted by Crippen LogP contribution is -2.40. The number of amides is 1. The second kappa shape index (κ2) is 6.81. The van der Waals surface area contributed by atoms with Gasteiger partial charge in [-0.25, -0.2) is 0 Å². The Hall–Kier alpha value is -1.46. The lowest BCUT2D eigenvalue weighted by atomic mass is 10.2. The van der Waals surface area contributed by atoms with Crippen LogP contribution in [0.3, 0.4) is 0 Å². The van der Waals surface area contributed by atoms with Gasteiger partial charge in [0.1, 0.15) is 5.75 Å². The minimum absolute atomic E-state index is 0.0691. The van der Waals surface area contributed by atoms with Gasteiger partial charge in [0, 0.05) is 17.6 Å². The Bertz CT molecular complexity index is 477. The highest BCUT2D eigenvalue weighted by atomic mass is 35.5. The van der Waals surface area contributed by atoms with E-state index in [9.17, 15) is 4.79 Å². The van der Waals surface area contributed by atoms with Gasteiger partial charge in [0.15, 0.2) is 0 Å². The second-order valence-electron chi connectivity index (χ2n) is 5.00. The Labute approximate surface area is 123 Å². The molecule has 2 rings (SSSR count). The number of ether oxygens (including phenoxy) is 1. The third-order valence-corrected chi connectivity index (χ3v) is 3.60. The molecule has 1 unspecified atom stereocenters. The smallest absolute Gasteiger partial charge is 0.239 e. The second-order valence-corrected chi connectivity index (χ2v) is 5.44.